The molecule has 0 aliphatic carbocycles. The summed E-state index contributed by atoms with van der Waals surface area (Å²) in [6.45, 7) is 5.74. The number of hydrogen-bond donors (Lipinski definition) is 0. The second-order valence-corrected chi connectivity index (χ2v) is 3.39. The van der Waals surface area contributed by atoms with E-state index in [1.165, 1.54) is 0 Å². The van der Waals surface area contributed by atoms with Gasteiger partial charge in [-0.05, 0) is 38.7 Å². The van der Waals surface area contributed by atoms with Crippen molar-refractivity contribution in [1.29, 1.82) is 0 Å². The molecule has 1 heterocycles. The van der Waals surface area contributed by atoms with E-state index >= 15 is 0 Å². The van der Waals surface area contributed by atoms with Gasteiger partial charge in [0.15, 0.2) is 0 Å². The molecule has 78 valence electrons. The third-order valence-corrected chi connectivity index (χ3v) is 1.95. The SMILES string of the molecule is C=C(C)C(=O)O/C1=C/CCCCCO1. The third kappa shape index (κ3) is 3.64. The summed E-state index contributed by atoms with van der Waals surface area (Å²) in [5, 5.41) is 0. The minimum absolute atomic E-state index is 0.331. The van der Waals surface area contributed by atoms with Gasteiger partial charge in [0.2, 0.25) is 0 Å². The largest absolute Gasteiger partial charge is 0.465 e. The molecule has 1 aliphatic rings. The highest BCUT2D eigenvalue weighted by molar-refractivity contribution is 5.87. The second kappa shape index (κ2) is 5.47. The van der Waals surface area contributed by atoms with E-state index in [9.17, 15) is 4.79 Å². The van der Waals surface area contributed by atoms with Gasteiger partial charge in [0.05, 0.1) is 6.61 Å². The van der Waals surface area contributed by atoms with Gasteiger partial charge in [0.25, 0.3) is 5.95 Å². The summed E-state index contributed by atoms with van der Waals surface area (Å²) in [7, 11) is 0. The van der Waals surface area contributed by atoms with Crippen molar-refractivity contribution >= 4 is 5.97 Å². The fraction of sp³-hybridized carbons (Fsp3) is 0.545. The maximum absolute atomic E-state index is 11.2. The molecule has 1 rings (SSSR count). The number of esters is 1. The molecule has 3 heteroatoms. The van der Waals surface area contributed by atoms with E-state index in [4.69, 9.17) is 9.47 Å². The Kier molecular flexibility index (Phi) is 4.23. The lowest BCUT2D eigenvalue weighted by atomic mass is 10.2. The zero-order valence-electron chi connectivity index (χ0n) is 8.54. The summed E-state index contributed by atoms with van der Waals surface area (Å²) >= 11 is 0. The van der Waals surface area contributed by atoms with Crippen LogP contribution in [0.5, 0.6) is 0 Å². The molecule has 0 saturated carbocycles. The normalized spacial score (nSPS) is 20.8. The maximum Gasteiger partial charge on any atom is 0.340 e. The van der Waals surface area contributed by atoms with Gasteiger partial charge in [0, 0.05) is 5.57 Å². The van der Waals surface area contributed by atoms with E-state index in [2.05, 4.69) is 6.58 Å². The Morgan fingerprint density at radius 1 is 1.50 bits per heavy atom. The minimum atomic E-state index is -0.420. The van der Waals surface area contributed by atoms with Crippen LogP contribution in [0.25, 0.3) is 0 Å². The van der Waals surface area contributed by atoms with Gasteiger partial charge >= 0.3 is 5.97 Å². The van der Waals surface area contributed by atoms with E-state index in [-0.39, 0.29) is 0 Å². The van der Waals surface area contributed by atoms with Gasteiger partial charge in [0.1, 0.15) is 0 Å². The molecule has 0 N–H and O–H groups in total. The standard InChI is InChI=1S/C11H16O3/c1-9(2)11(12)14-10-7-5-3-4-6-8-13-10/h7H,1,3-6,8H2,2H3/b10-7+. The molecule has 0 saturated heterocycles. The first-order chi connectivity index (χ1) is 6.70. The highest BCUT2D eigenvalue weighted by Gasteiger charge is 2.09. The van der Waals surface area contributed by atoms with Crippen molar-refractivity contribution in [2.24, 2.45) is 0 Å². The third-order valence-electron chi connectivity index (χ3n) is 1.95. The monoisotopic (exact) mass is 196 g/mol. The van der Waals surface area contributed by atoms with E-state index in [1.54, 1.807) is 6.92 Å². The van der Waals surface area contributed by atoms with E-state index < -0.39 is 5.97 Å². The van der Waals surface area contributed by atoms with Crippen molar-refractivity contribution < 1.29 is 14.3 Å². The molecular weight excluding hydrogens is 180 g/mol. The van der Waals surface area contributed by atoms with Gasteiger partial charge < -0.3 is 9.47 Å². The Morgan fingerprint density at radius 2 is 2.29 bits per heavy atom. The van der Waals surface area contributed by atoms with Crippen LogP contribution in [0.3, 0.4) is 0 Å². The molecule has 0 amide bonds. The van der Waals surface area contributed by atoms with Crippen molar-refractivity contribution in [1.82, 2.24) is 0 Å². The number of rotatable bonds is 2. The van der Waals surface area contributed by atoms with Gasteiger partial charge in [-0.2, -0.15) is 0 Å². The number of ether oxygens (including phenoxy) is 2. The zero-order chi connectivity index (χ0) is 10.4. The lowest BCUT2D eigenvalue weighted by molar-refractivity contribution is -0.140. The molecule has 0 fully saturated rings. The average Bonchev–Trinajstić information content (AvgIpc) is 2.08. The Balaban J connectivity index is 2.48. The van der Waals surface area contributed by atoms with Gasteiger partial charge in [-0.3, -0.25) is 0 Å². The van der Waals surface area contributed by atoms with Crippen LogP contribution < -0.4 is 0 Å². The summed E-state index contributed by atoms with van der Waals surface area (Å²) in [5.41, 5.74) is 0.386. The molecule has 0 bridgehead atoms. The maximum atomic E-state index is 11.2. The minimum Gasteiger partial charge on any atom is -0.465 e. The molecule has 0 atom stereocenters. The zero-order valence-corrected chi connectivity index (χ0v) is 8.54. The van der Waals surface area contributed by atoms with Crippen molar-refractivity contribution in [3.63, 3.8) is 0 Å². The van der Waals surface area contributed by atoms with Crippen LogP contribution in [0, 0.1) is 0 Å². The summed E-state index contributed by atoms with van der Waals surface area (Å²) in [6.07, 6.45) is 6.02. The number of hydrogen-bond acceptors (Lipinski definition) is 3. The molecule has 0 unspecified atom stereocenters. The molecule has 3 nitrogen and oxygen atoms in total. The Bertz CT molecular complexity index is 253. The number of allylic oxidation sites excluding steroid dienone is 1. The lowest BCUT2D eigenvalue weighted by Crippen LogP contribution is -2.09. The van der Waals surface area contributed by atoms with E-state index in [0.717, 1.165) is 25.7 Å². The molecule has 0 spiro atoms. The van der Waals surface area contributed by atoms with E-state index in [1.807, 2.05) is 6.08 Å². The summed E-state index contributed by atoms with van der Waals surface area (Å²) in [6, 6.07) is 0. The number of carbonyl (C=O) groups excluding carboxylic acids is 1. The van der Waals surface area contributed by atoms with Gasteiger partial charge in [-0.1, -0.05) is 6.58 Å². The predicted molar refractivity (Wildman–Crippen MR) is 53.4 cm³/mol. The van der Waals surface area contributed by atoms with Crippen LogP contribution >= 0.6 is 0 Å². The highest BCUT2D eigenvalue weighted by atomic mass is 16.7. The Hall–Kier alpha value is -1.25. The second-order valence-electron chi connectivity index (χ2n) is 3.39. The molecular formula is C11H16O3. The van der Waals surface area contributed by atoms with Crippen molar-refractivity contribution in [3.8, 4) is 0 Å². The first-order valence-electron chi connectivity index (χ1n) is 4.91. The molecule has 0 aromatic heterocycles. The van der Waals surface area contributed by atoms with Crippen molar-refractivity contribution in [3.05, 3.63) is 24.2 Å². The van der Waals surface area contributed by atoms with Crippen LogP contribution in [0.1, 0.15) is 32.6 Å². The summed E-state index contributed by atoms with van der Waals surface area (Å²) in [5.74, 6) is -0.0884. The number of carbonyl (C=O) groups is 1. The average molecular weight is 196 g/mol. The fourth-order valence-corrected chi connectivity index (χ4v) is 1.12. The Labute approximate surface area is 84.4 Å². The fourth-order valence-electron chi connectivity index (χ4n) is 1.12. The van der Waals surface area contributed by atoms with Crippen LogP contribution in [0.15, 0.2) is 24.2 Å². The Morgan fingerprint density at radius 3 is 3.00 bits per heavy atom. The first kappa shape index (κ1) is 10.8. The lowest BCUT2D eigenvalue weighted by Gasteiger charge is -2.12. The van der Waals surface area contributed by atoms with Gasteiger partial charge in [-0.15, -0.1) is 0 Å². The smallest absolute Gasteiger partial charge is 0.340 e. The molecule has 14 heavy (non-hydrogen) atoms. The van der Waals surface area contributed by atoms with Crippen molar-refractivity contribution in [2.45, 2.75) is 32.6 Å². The highest BCUT2D eigenvalue weighted by Crippen LogP contribution is 2.13. The predicted octanol–water partition coefficient (Wildman–Crippen LogP) is 2.54. The van der Waals surface area contributed by atoms with E-state index in [0.29, 0.717) is 18.1 Å². The molecule has 0 aromatic carbocycles. The molecule has 1 aliphatic heterocycles. The topological polar surface area (TPSA) is 35.5 Å². The van der Waals surface area contributed by atoms with Crippen LogP contribution in [0.4, 0.5) is 0 Å². The molecule has 0 aromatic rings. The van der Waals surface area contributed by atoms with Crippen molar-refractivity contribution in [2.75, 3.05) is 6.61 Å². The molecule has 0 radical (unpaired) electrons. The summed E-state index contributed by atoms with van der Waals surface area (Å²) < 4.78 is 10.3. The first-order valence-corrected chi connectivity index (χ1v) is 4.91. The summed E-state index contributed by atoms with van der Waals surface area (Å²) in [4.78, 5) is 11.2. The van der Waals surface area contributed by atoms with Gasteiger partial charge in [-0.25, -0.2) is 4.79 Å². The quantitative estimate of drug-likeness (QED) is 0.503. The van der Waals surface area contributed by atoms with Crippen LogP contribution in [-0.4, -0.2) is 12.6 Å². The van der Waals surface area contributed by atoms with Crippen LogP contribution in [-0.2, 0) is 14.3 Å². The van der Waals surface area contributed by atoms with Crippen LogP contribution in [0.2, 0.25) is 0 Å².